The van der Waals surface area contributed by atoms with Crippen LogP contribution in [0.25, 0.3) is 0 Å². The molecule has 5 nitrogen and oxygen atoms in total. The number of nitrogens with one attached hydrogen (secondary N) is 2. The lowest BCUT2D eigenvalue weighted by atomic mass is 10.1. The predicted octanol–water partition coefficient (Wildman–Crippen LogP) is 0.582. The van der Waals surface area contributed by atoms with Crippen LogP contribution < -0.4 is 15.2 Å². The van der Waals surface area contributed by atoms with Gasteiger partial charge in [0.25, 0.3) is 10.2 Å². The van der Waals surface area contributed by atoms with E-state index in [-0.39, 0.29) is 6.04 Å². The van der Waals surface area contributed by atoms with Gasteiger partial charge in [0.05, 0.1) is 0 Å². The maximum atomic E-state index is 11.1. The van der Waals surface area contributed by atoms with Crippen molar-refractivity contribution in [2.75, 3.05) is 11.8 Å². The van der Waals surface area contributed by atoms with Gasteiger partial charge in [-0.25, -0.2) is 4.72 Å². The Morgan fingerprint density at radius 2 is 1.80 bits per heavy atom. The average molecular weight is 229 g/mol. The third-order valence-electron chi connectivity index (χ3n) is 1.96. The number of benzene rings is 1. The zero-order chi connectivity index (χ0) is 11.5. The van der Waals surface area contributed by atoms with Crippen molar-refractivity contribution in [3.63, 3.8) is 0 Å². The molecule has 15 heavy (non-hydrogen) atoms. The highest BCUT2D eigenvalue weighted by atomic mass is 32.2. The molecule has 0 aliphatic rings. The third-order valence-corrected chi connectivity index (χ3v) is 3.00. The highest BCUT2D eigenvalue weighted by Gasteiger charge is 2.06. The summed E-state index contributed by atoms with van der Waals surface area (Å²) in [6, 6.07) is 6.87. The Hall–Kier alpha value is -1.11. The summed E-state index contributed by atoms with van der Waals surface area (Å²) in [5, 5.41) is 0. The first-order valence-corrected chi connectivity index (χ1v) is 6.00. The van der Waals surface area contributed by atoms with Crippen LogP contribution in [-0.2, 0) is 10.2 Å². The van der Waals surface area contributed by atoms with E-state index >= 15 is 0 Å². The lowest BCUT2D eigenvalue weighted by molar-refractivity contribution is 0.593. The van der Waals surface area contributed by atoms with Gasteiger partial charge in [0, 0.05) is 18.8 Å². The normalized spacial score (nSPS) is 13.5. The quantitative estimate of drug-likeness (QED) is 0.706. The largest absolute Gasteiger partial charge is 0.324 e. The number of rotatable bonds is 4. The molecule has 0 fully saturated rings. The van der Waals surface area contributed by atoms with Crippen molar-refractivity contribution < 1.29 is 8.42 Å². The molecular formula is C9H15N3O2S. The predicted molar refractivity (Wildman–Crippen MR) is 60.6 cm³/mol. The first kappa shape index (κ1) is 12.0. The molecule has 1 atom stereocenters. The van der Waals surface area contributed by atoms with E-state index in [1.54, 1.807) is 24.3 Å². The zero-order valence-electron chi connectivity index (χ0n) is 8.69. The second-order valence-corrected chi connectivity index (χ2v) is 4.84. The van der Waals surface area contributed by atoms with Crippen LogP contribution in [0.3, 0.4) is 0 Å². The minimum atomic E-state index is -3.44. The molecule has 1 aromatic carbocycles. The van der Waals surface area contributed by atoms with Crippen LogP contribution in [0, 0.1) is 0 Å². The molecule has 0 saturated heterocycles. The molecule has 0 aliphatic carbocycles. The fourth-order valence-electron chi connectivity index (χ4n) is 1.06. The van der Waals surface area contributed by atoms with Crippen molar-refractivity contribution in [1.82, 2.24) is 4.72 Å². The topological polar surface area (TPSA) is 84.2 Å². The fourth-order valence-corrected chi connectivity index (χ4v) is 1.61. The molecule has 0 spiro atoms. The maximum Gasteiger partial charge on any atom is 0.298 e. The summed E-state index contributed by atoms with van der Waals surface area (Å²) in [6.07, 6.45) is 0. The molecule has 0 bridgehead atoms. The van der Waals surface area contributed by atoms with Crippen LogP contribution in [0.15, 0.2) is 24.3 Å². The monoisotopic (exact) mass is 229 g/mol. The number of hydrogen-bond donors (Lipinski definition) is 3. The first-order valence-electron chi connectivity index (χ1n) is 4.51. The molecule has 1 aromatic rings. The van der Waals surface area contributed by atoms with E-state index in [1.807, 2.05) is 6.92 Å². The second-order valence-electron chi connectivity index (χ2n) is 3.22. The molecule has 84 valence electrons. The van der Waals surface area contributed by atoms with Crippen LogP contribution >= 0.6 is 0 Å². The van der Waals surface area contributed by atoms with Gasteiger partial charge in [0.15, 0.2) is 0 Å². The summed E-state index contributed by atoms with van der Waals surface area (Å²) in [4.78, 5) is 0. The van der Waals surface area contributed by atoms with E-state index in [1.165, 1.54) is 7.05 Å². The third kappa shape index (κ3) is 3.50. The fraction of sp³-hybridized carbons (Fsp3) is 0.333. The summed E-state index contributed by atoms with van der Waals surface area (Å²) in [5.74, 6) is 0. The van der Waals surface area contributed by atoms with Crippen molar-refractivity contribution >= 4 is 15.9 Å². The number of hydrogen-bond acceptors (Lipinski definition) is 3. The Bertz CT molecular complexity index is 411. The van der Waals surface area contributed by atoms with Gasteiger partial charge in [-0.1, -0.05) is 12.1 Å². The molecule has 4 N–H and O–H groups in total. The summed E-state index contributed by atoms with van der Waals surface area (Å²) in [5.41, 5.74) is 7.13. The summed E-state index contributed by atoms with van der Waals surface area (Å²) < 4.78 is 26.8. The lowest BCUT2D eigenvalue weighted by Crippen LogP contribution is -2.26. The molecule has 1 rings (SSSR count). The maximum absolute atomic E-state index is 11.1. The van der Waals surface area contributed by atoms with Crippen LogP contribution in [0.4, 0.5) is 5.69 Å². The van der Waals surface area contributed by atoms with Gasteiger partial charge in [0.2, 0.25) is 0 Å². The van der Waals surface area contributed by atoms with E-state index < -0.39 is 10.2 Å². The molecule has 0 amide bonds. The van der Waals surface area contributed by atoms with Crippen LogP contribution in [0.1, 0.15) is 18.5 Å². The molecule has 1 unspecified atom stereocenters. The van der Waals surface area contributed by atoms with Gasteiger partial charge in [-0.05, 0) is 24.6 Å². The number of anilines is 1. The summed E-state index contributed by atoms with van der Waals surface area (Å²) >= 11 is 0. The van der Waals surface area contributed by atoms with Gasteiger partial charge >= 0.3 is 0 Å². The van der Waals surface area contributed by atoms with Gasteiger partial charge in [0.1, 0.15) is 0 Å². The molecule has 0 heterocycles. The first-order chi connectivity index (χ1) is 6.94. The summed E-state index contributed by atoms with van der Waals surface area (Å²) in [6.45, 7) is 1.87. The Labute approximate surface area is 89.9 Å². The van der Waals surface area contributed by atoms with Crippen LogP contribution in [-0.4, -0.2) is 15.5 Å². The van der Waals surface area contributed by atoms with Crippen LogP contribution in [0.2, 0.25) is 0 Å². The van der Waals surface area contributed by atoms with E-state index in [0.29, 0.717) is 5.69 Å². The Kier molecular flexibility index (Phi) is 3.67. The van der Waals surface area contributed by atoms with Gasteiger partial charge in [-0.2, -0.15) is 8.42 Å². The molecule has 0 saturated carbocycles. The smallest absolute Gasteiger partial charge is 0.298 e. The van der Waals surface area contributed by atoms with Crippen LogP contribution in [0.5, 0.6) is 0 Å². The Balaban J connectivity index is 2.82. The van der Waals surface area contributed by atoms with Gasteiger partial charge < -0.3 is 5.73 Å². The van der Waals surface area contributed by atoms with E-state index in [4.69, 9.17) is 5.73 Å². The minimum absolute atomic E-state index is 0.0556. The standard InChI is InChI=1S/C9H15N3O2S/c1-7(10)8-3-5-9(6-4-8)12-15(13,14)11-2/h3-7,11-12H,10H2,1-2H3. The number of nitrogens with two attached hydrogens (primary N) is 1. The van der Waals surface area contributed by atoms with Crippen molar-refractivity contribution in [3.05, 3.63) is 29.8 Å². The highest BCUT2D eigenvalue weighted by molar-refractivity contribution is 7.90. The van der Waals surface area contributed by atoms with Crippen molar-refractivity contribution in [3.8, 4) is 0 Å². The van der Waals surface area contributed by atoms with Crippen molar-refractivity contribution in [2.24, 2.45) is 5.73 Å². The molecular weight excluding hydrogens is 214 g/mol. The van der Waals surface area contributed by atoms with Gasteiger partial charge in [-0.15, -0.1) is 0 Å². The van der Waals surface area contributed by atoms with Crippen molar-refractivity contribution in [2.45, 2.75) is 13.0 Å². The Morgan fingerprint density at radius 3 is 2.20 bits per heavy atom. The molecule has 0 aromatic heterocycles. The molecule has 0 aliphatic heterocycles. The SMILES string of the molecule is CNS(=O)(=O)Nc1ccc(C(C)N)cc1. The lowest BCUT2D eigenvalue weighted by Gasteiger charge is -2.08. The van der Waals surface area contributed by atoms with E-state index in [9.17, 15) is 8.42 Å². The average Bonchev–Trinajstić information content (AvgIpc) is 2.18. The Morgan fingerprint density at radius 1 is 1.27 bits per heavy atom. The van der Waals surface area contributed by atoms with Crippen molar-refractivity contribution in [1.29, 1.82) is 0 Å². The minimum Gasteiger partial charge on any atom is -0.324 e. The second kappa shape index (κ2) is 4.61. The highest BCUT2D eigenvalue weighted by Crippen LogP contribution is 2.14. The zero-order valence-corrected chi connectivity index (χ0v) is 9.51. The van der Waals surface area contributed by atoms with E-state index in [2.05, 4.69) is 9.44 Å². The van der Waals surface area contributed by atoms with Gasteiger partial charge in [-0.3, -0.25) is 4.72 Å². The summed E-state index contributed by atoms with van der Waals surface area (Å²) in [7, 11) is -2.09. The molecule has 0 radical (unpaired) electrons. The van der Waals surface area contributed by atoms with E-state index in [0.717, 1.165) is 5.56 Å². The molecule has 6 heteroatoms.